The van der Waals surface area contributed by atoms with Gasteiger partial charge in [0.2, 0.25) is 0 Å². The van der Waals surface area contributed by atoms with Gasteiger partial charge in [0.1, 0.15) is 22.7 Å². The van der Waals surface area contributed by atoms with Gasteiger partial charge in [-0.25, -0.2) is 0 Å². The molecule has 0 saturated heterocycles. The third-order valence-electron chi connectivity index (χ3n) is 1.72. The van der Waals surface area contributed by atoms with Gasteiger partial charge in [0.15, 0.2) is 0 Å². The van der Waals surface area contributed by atoms with Crippen molar-refractivity contribution in [2.45, 2.75) is 18.7 Å². The number of rotatable bonds is 3. The molecule has 16 heavy (non-hydrogen) atoms. The van der Waals surface area contributed by atoms with Gasteiger partial charge < -0.3 is 4.18 Å². The molecule has 0 bridgehead atoms. The van der Waals surface area contributed by atoms with Crippen LogP contribution >= 0.6 is 12.0 Å². The van der Waals surface area contributed by atoms with Crippen molar-refractivity contribution in [3.63, 3.8) is 0 Å². The van der Waals surface area contributed by atoms with Gasteiger partial charge in [-0.3, -0.25) is 4.55 Å². The van der Waals surface area contributed by atoms with Crippen LogP contribution in [0.15, 0.2) is 23.1 Å². The molecular weight excluding hydrogens is 248 g/mol. The number of aryl methyl sites for hydroxylation is 1. The number of hydrogen-bond donors (Lipinski definition) is 1. The lowest BCUT2D eigenvalue weighted by Crippen LogP contribution is -2.00. The average molecular weight is 258 g/mol. The van der Waals surface area contributed by atoms with E-state index in [9.17, 15) is 8.42 Å². The molecule has 0 aromatic heterocycles. The lowest BCUT2D eigenvalue weighted by molar-refractivity contribution is 0.482. The second-order valence-electron chi connectivity index (χ2n) is 2.92. The molecule has 1 N–H and O–H groups in total. The Labute approximate surface area is 99.0 Å². The number of hydrogen-bond acceptors (Lipinski definition) is 4. The van der Waals surface area contributed by atoms with Gasteiger partial charge >= 0.3 is 0 Å². The maximum atomic E-state index is 11.0. The van der Waals surface area contributed by atoms with Crippen molar-refractivity contribution >= 4 is 22.2 Å². The maximum absolute atomic E-state index is 11.0. The summed E-state index contributed by atoms with van der Waals surface area (Å²) in [6, 6.07) is 4.42. The zero-order chi connectivity index (χ0) is 12.2. The predicted octanol–water partition coefficient (Wildman–Crippen LogP) is 2.25. The standard InChI is InChI=1S/C10H10O4S2/c1-3-6-15-14-9-5-4-8(2)10(7-9)16(11,12)13/h4-5,7H,1-2H3,(H,11,12,13). The molecule has 0 unspecified atom stereocenters. The quantitative estimate of drug-likeness (QED) is 0.512. The minimum atomic E-state index is -4.21. The molecular formula is C10H10O4S2. The summed E-state index contributed by atoms with van der Waals surface area (Å²) in [5, 5.41) is 2.60. The van der Waals surface area contributed by atoms with E-state index in [4.69, 9.17) is 8.74 Å². The van der Waals surface area contributed by atoms with Crippen LogP contribution < -0.4 is 4.18 Å². The van der Waals surface area contributed by atoms with Crippen molar-refractivity contribution < 1.29 is 17.2 Å². The van der Waals surface area contributed by atoms with E-state index in [0.29, 0.717) is 11.3 Å². The van der Waals surface area contributed by atoms with E-state index < -0.39 is 10.1 Å². The van der Waals surface area contributed by atoms with Gasteiger partial charge in [0.25, 0.3) is 10.1 Å². The van der Waals surface area contributed by atoms with Crippen LogP contribution in [0.3, 0.4) is 0 Å². The summed E-state index contributed by atoms with van der Waals surface area (Å²) >= 11 is 0.894. The Balaban J connectivity index is 3.02. The van der Waals surface area contributed by atoms with Crippen LogP contribution in [0.4, 0.5) is 0 Å². The van der Waals surface area contributed by atoms with Crippen LogP contribution in [0.1, 0.15) is 12.5 Å². The van der Waals surface area contributed by atoms with E-state index in [2.05, 4.69) is 11.2 Å². The highest BCUT2D eigenvalue weighted by atomic mass is 32.2. The highest BCUT2D eigenvalue weighted by molar-refractivity contribution is 7.99. The van der Waals surface area contributed by atoms with Crippen molar-refractivity contribution in [3.8, 4) is 16.9 Å². The average Bonchev–Trinajstić information content (AvgIpc) is 2.19. The van der Waals surface area contributed by atoms with Gasteiger partial charge in [0, 0.05) is 11.3 Å². The Morgan fingerprint density at radius 2 is 2.12 bits per heavy atom. The Hall–Kier alpha value is -1.16. The second-order valence-corrected chi connectivity index (χ2v) is 4.85. The fourth-order valence-corrected chi connectivity index (χ4v) is 2.09. The maximum Gasteiger partial charge on any atom is 0.294 e. The molecule has 0 heterocycles. The molecule has 86 valence electrons. The van der Waals surface area contributed by atoms with Crippen molar-refractivity contribution in [1.29, 1.82) is 0 Å². The summed E-state index contributed by atoms with van der Waals surface area (Å²) < 4.78 is 36.1. The Morgan fingerprint density at radius 3 is 2.69 bits per heavy atom. The van der Waals surface area contributed by atoms with Crippen molar-refractivity contribution in [1.82, 2.24) is 0 Å². The summed E-state index contributed by atoms with van der Waals surface area (Å²) in [5.74, 6) is 2.94. The Bertz CT molecular complexity index is 538. The van der Waals surface area contributed by atoms with E-state index in [1.807, 2.05) is 0 Å². The topological polar surface area (TPSA) is 63.6 Å². The minimum absolute atomic E-state index is 0.157. The molecule has 1 aromatic carbocycles. The Morgan fingerprint density at radius 1 is 1.44 bits per heavy atom. The molecule has 1 aromatic rings. The van der Waals surface area contributed by atoms with Crippen LogP contribution in [-0.2, 0) is 10.1 Å². The molecule has 0 atom stereocenters. The minimum Gasteiger partial charge on any atom is -0.412 e. The third kappa shape index (κ3) is 3.45. The lowest BCUT2D eigenvalue weighted by atomic mass is 10.2. The summed E-state index contributed by atoms with van der Waals surface area (Å²) in [4.78, 5) is -0.157. The van der Waals surface area contributed by atoms with Crippen LogP contribution in [0, 0.1) is 18.1 Å². The van der Waals surface area contributed by atoms with Crippen LogP contribution in [0.2, 0.25) is 0 Å². The zero-order valence-electron chi connectivity index (χ0n) is 8.72. The lowest BCUT2D eigenvalue weighted by Gasteiger charge is -2.05. The largest absolute Gasteiger partial charge is 0.412 e. The van der Waals surface area contributed by atoms with Crippen molar-refractivity contribution in [3.05, 3.63) is 23.8 Å². The van der Waals surface area contributed by atoms with E-state index in [0.717, 1.165) is 12.0 Å². The van der Waals surface area contributed by atoms with E-state index in [-0.39, 0.29) is 4.90 Å². The molecule has 0 amide bonds. The monoisotopic (exact) mass is 258 g/mol. The normalized spacial score (nSPS) is 10.4. The van der Waals surface area contributed by atoms with Gasteiger partial charge in [-0.2, -0.15) is 8.42 Å². The molecule has 0 aliphatic carbocycles. The number of benzene rings is 1. The van der Waals surface area contributed by atoms with E-state index in [1.54, 1.807) is 26.0 Å². The first kappa shape index (κ1) is 12.9. The fourth-order valence-electron chi connectivity index (χ4n) is 1.02. The smallest absolute Gasteiger partial charge is 0.294 e. The molecule has 0 aliphatic rings. The predicted molar refractivity (Wildman–Crippen MR) is 62.7 cm³/mol. The highest BCUT2D eigenvalue weighted by Crippen LogP contribution is 2.23. The molecule has 0 fully saturated rings. The first-order chi connectivity index (χ1) is 7.45. The van der Waals surface area contributed by atoms with Crippen molar-refractivity contribution in [2.75, 3.05) is 0 Å². The molecule has 0 spiro atoms. The summed E-state index contributed by atoms with van der Waals surface area (Å²) in [6.45, 7) is 3.25. The van der Waals surface area contributed by atoms with E-state index in [1.165, 1.54) is 6.07 Å². The molecule has 0 radical (unpaired) electrons. The SMILES string of the molecule is CC#CSOc1ccc(C)c(S(=O)(=O)O)c1. The first-order valence-corrected chi connectivity index (χ1v) is 6.46. The van der Waals surface area contributed by atoms with Crippen LogP contribution in [0.5, 0.6) is 5.75 Å². The van der Waals surface area contributed by atoms with Crippen LogP contribution in [-0.4, -0.2) is 13.0 Å². The van der Waals surface area contributed by atoms with Crippen molar-refractivity contribution in [2.24, 2.45) is 0 Å². The molecule has 6 heteroatoms. The summed E-state index contributed by atoms with van der Waals surface area (Å²) in [5.41, 5.74) is 0.460. The molecule has 1 rings (SSSR count). The third-order valence-corrected chi connectivity index (χ3v) is 3.28. The second kappa shape index (κ2) is 5.25. The fraction of sp³-hybridized carbons (Fsp3) is 0.200. The first-order valence-electron chi connectivity index (χ1n) is 4.28. The Kier molecular flexibility index (Phi) is 4.24. The van der Waals surface area contributed by atoms with E-state index >= 15 is 0 Å². The highest BCUT2D eigenvalue weighted by Gasteiger charge is 2.14. The van der Waals surface area contributed by atoms with Gasteiger partial charge in [-0.15, -0.1) is 0 Å². The summed E-state index contributed by atoms with van der Waals surface area (Å²) in [7, 11) is -4.21. The zero-order valence-corrected chi connectivity index (χ0v) is 10.4. The van der Waals surface area contributed by atoms with Gasteiger partial charge in [0.05, 0.1) is 0 Å². The molecule has 0 aliphatic heterocycles. The van der Waals surface area contributed by atoms with Crippen LogP contribution in [0.25, 0.3) is 0 Å². The van der Waals surface area contributed by atoms with Gasteiger partial charge in [-0.1, -0.05) is 12.0 Å². The summed E-state index contributed by atoms with van der Waals surface area (Å²) in [6.07, 6.45) is 0. The van der Waals surface area contributed by atoms with Gasteiger partial charge in [-0.05, 0) is 25.5 Å². The molecule has 4 nitrogen and oxygen atoms in total. The molecule has 0 saturated carbocycles.